The number of nitrogens with one attached hydrogen (secondary N) is 1. The average Bonchev–Trinajstić information content (AvgIpc) is 3.05. The zero-order valence-corrected chi connectivity index (χ0v) is 13.4. The van der Waals surface area contributed by atoms with E-state index in [-0.39, 0.29) is 11.4 Å². The number of aromatic nitrogens is 3. The summed E-state index contributed by atoms with van der Waals surface area (Å²) in [6.45, 7) is 0.417. The molecule has 0 radical (unpaired) electrons. The van der Waals surface area contributed by atoms with Crippen LogP contribution < -0.4 is 4.72 Å². The highest BCUT2D eigenvalue weighted by atomic mass is 32.2. The van der Waals surface area contributed by atoms with Crippen LogP contribution >= 0.6 is 0 Å². The number of hydrogen-bond donors (Lipinski definition) is 1. The molecule has 1 N–H and O–H groups in total. The molecule has 2 aromatic heterocycles. The summed E-state index contributed by atoms with van der Waals surface area (Å²) in [7, 11) is -3.88. The first-order valence-corrected chi connectivity index (χ1v) is 8.74. The SMILES string of the molecule is O=S(=O)(NCCn1ccc(-c2ccccn2)n1)c1ccccc1F. The highest BCUT2D eigenvalue weighted by molar-refractivity contribution is 7.89. The second-order valence-electron chi connectivity index (χ2n) is 5.01. The van der Waals surface area contributed by atoms with E-state index < -0.39 is 15.8 Å². The Morgan fingerprint density at radius 3 is 2.58 bits per heavy atom. The van der Waals surface area contributed by atoms with Crippen molar-refractivity contribution in [2.75, 3.05) is 6.54 Å². The van der Waals surface area contributed by atoms with Crippen molar-refractivity contribution in [3.8, 4) is 11.4 Å². The Morgan fingerprint density at radius 1 is 1.04 bits per heavy atom. The van der Waals surface area contributed by atoms with Crippen LogP contribution in [-0.2, 0) is 16.6 Å². The zero-order chi connectivity index (χ0) is 17.0. The monoisotopic (exact) mass is 346 g/mol. The van der Waals surface area contributed by atoms with Crippen LogP contribution in [0.4, 0.5) is 4.39 Å². The first-order valence-electron chi connectivity index (χ1n) is 7.25. The van der Waals surface area contributed by atoms with Crippen molar-refractivity contribution in [3.05, 3.63) is 66.7 Å². The number of sulfonamides is 1. The third-order valence-corrected chi connectivity index (χ3v) is 4.82. The number of halogens is 1. The molecular weight excluding hydrogens is 331 g/mol. The van der Waals surface area contributed by atoms with Crippen molar-refractivity contribution < 1.29 is 12.8 Å². The lowest BCUT2D eigenvalue weighted by Gasteiger charge is -2.07. The third-order valence-electron chi connectivity index (χ3n) is 3.33. The number of nitrogens with zero attached hydrogens (tertiary/aromatic N) is 3. The van der Waals surface area contributed by atoms with Crippen LogP contribution in [0.2, 0.25) is 0 Å². The predicted octanol–water partition coefficient (Wildman–Crippen LogP) is 2.06. The Morgan fingerprint density at radius 2 is 1.83 bits per heavy atom. The van der Waals surface area contributed by atoms with Crippen LogP contribution in [0.25, 0.3) is 11.4 Å². The molecule has 24 heavy (non-hydrogen) atoms. The Kier molecular flexibility index (Phi) is 4.68. The lowest BCUT2D eigenvalue weighted by atomic mass is 10.3. The second kappa shape index (κ2) is 6.90. The molecule has 0 saturated heterocycles. The van der Waals surface area contributed by atoms with Gasteiger partial charge in [0.05, 0.1) is 12.2 Å². The minimum atomic E-state index is -3.88. The number of benzene rings is 1. The van der Waals surface area contributed by atoms with Gasteiger partial charge >= 0.3 is 0 Å². The van der Waals surface area contributed by atoms with Crippen molar-refractivity contribution in [1.82, 2.24) is 19.5 Å². The van der Waals surface area contributed by atoms with E-state index in [2.05, 4.69) is 14.8 Å². The summed E-state index contributed by atoms with van der Waals surface area (Å²) in [6, 6.07) is 12.6. The Hall–Kier alpha value is -2.58. The van der Waals surface area contributed by atoms with Gasteiger partial charge in [0, 0.05) is 18.9 Å². The molecule has 0 atom stereocenters. The van der Waals surface area contributed by atoms with Crippen molar-refractivity contribution in [1.29, 1.82) is 0 Å². The first-order chi connectivity index (χ1) is 11.6. The summed E-state index contributed by atoms with van der Waals surface area (Å²) in [4.78, 5) is 3.84. The van der Waals surface area contributed by atoms with Gasteiger partial charge in [-0.25, -0.2) is 17.5 Å². The molecular formula is C16H15FN4O2S. The molecule has 0 unspecified atom stereocenters. The van der Waals surface area contributed by atoms with E-state index in [0.717, 1.165) is 11.8 Å². The molecule has 0 aliphatic rings. The van der Waals surface area contributed by atoms with Gasteiger partial charge in [0.2, 0.25) is 10.0 Å². The molecule has 0 aliphatic carbocycles. The maximum atomic E-state index is 13.6. The van der Waals surface area contributed by atoms with E-state index in [0.29, 0.717) is 12.2 Å². The lowest BCUT2D eigenvalue weighted by molar-refractivity contribution is 0.545. The molecule has 0 saturated carbocycles. The molecule has 0 fully saturated rings. The van der Waals surface area contributed by atoms with E-state index in [9.17, 15) is 12.8 Å². The Balaban J connectivity index is 1.63. The molecule has 0 aliphatic heterocycles. The summed E-state index contributed by atoms with van der Waals surface area (Å²) >= 11 is 0. The maximum Gasteiger partial charge on any atom is 0.243 e. The molecule has 6 nitrogen and oxygen atoms in total. The molecule has 124 valence electrons. The average molecular weight is 346 g/mol. The molecule has 0 amide bonds. The van der Waals surface area contributed by atoms with Crippen LogP contribution in [0, 0.1) is 5.82 Å². The second-order valence-corrected chi connectivity index (χ2v) is 6.74. The minimum Gasteiger partial charge on any atom is -0.271 e. The van der Waals surface area contributed by atoms with Crippen molar-refractivity contribution in [2.24, 2.45) is 0 Å². The number of pyridine rings is 1. The van der Waals surface area contributed by atoms with Crippen molar-refractivity contribution in [3.63, 3.8) is 0 Å². The summed E-state index contributed by atoms with van der Waals surface area (Å²) in [5.41, 5.74) is 1.44. The molecule has 3 aromatic rings. The third kappa shape index (κ3) is 3.66. The fourth-order valence-electron chi connectivity index (χ4n) is 2.17. The summed E-state index contributed by atoms with van der Waals surface area (Å²) in [6.07, 6.45) is 3.41. The highest BCUT2D eigenvalue weighted by Crippen LogP contribution is 2.14. The van der Waals surface area contributed by atoms with Gasteiger partial charge in [0.1, 0.15) is 16.4 Å². The van der Waals surface area contributed by atoms with Gasteiger partial charge in [-0.3, -0.25) is 9.67 Å². The van der Waals surface area contributed by atoms with Crippen LogP contribution in [0.15, 0.2) is 65.8 Å². The quantitative estimate of drug-likeness (QED) is 0.741. The maximum absolute atomic E-state index is 13.6. The Bertz CT molecular complexity index is 926. The fourth-order valence-corrected chi connectivity index (χ4v) is 3.27. The van der Waals surface area contributed by atoms with Gasteiger partial charge in [-0.15, -0.1) is 0 Å². The van der Waals surface area contributed by atoms with Gasteiger partial charge in [-0.05, 0) is 30.3 Å². The van der Waals surface area contributed by atoms with Gasteiger partial charge < -0.3 is 0 Å². The smallest absolute Gasteiger partial charge is 0.243 e. The summed E-state index contributed by atoms with van der Waals surface area (Å²) in [5, 5.41) is 4.34. The van der Waals surface area contributed by atoms with E-state index >= 15 is 0 Å². The van der Waals surface area contributed by atoms with Crippen LogP contribution in [0.3, 0.4) is 0 Å². The van der Waals surface area contributed by atoms with Gasteiger partial charge in [-0.1, -0.05) is 18.2 Å². The number of hydrogen-bond acceptors (Lipinski definition) is 4. The largest absolute Gasteiger partial charge is 0.271 e. The van der Waals surface area contributed by atoms with Crippen molar-refractivity contribution >= 4 is 10.0 Å². The minimum absolute atomic E-state index is 0.0972. The Labute approximate surface area is 139 Å². The summed E-state index contributed by atoms with van der Waals surface area (Å²) in [5.74, 6) is -0.776. The molecule has 3 rings (SSSR count). The van der Waals surface area contributed by atoms with Gasteiger partial charge in [-0.2, -0.15) is 5.10 Å². The van der Waals surface area contributed by atoms with Crippen LogP contribution in [0.5, 0.6) is 0 Å². The van der Waals surface area contributed by atoms with E-state index in [1.54, 1.807) is 23.1 Å². The van der Waals surface area contributed by atoms with E-state index in [4.69, 9.17) is 0 Å². The zero-order valence-electron chi connectivity index (χ0n) is 12.6. The molecule has 0 spiro atoms. The summed E-state index contributed by atoms with van der Waals surface area (Å²) < 4.78 is 41.7. The predicted molar refractivity (Wildman–Crippen MR) is 87.0 cm³/mol. The topological polar surface area (TPSA) is 76.9 Å². The standard InChI is InChI=1S/C16H15FN4O2S/c17-13-5-1-2-7-16(13)24(22,23)19-10-12-21-11-8-15(20-21)14-6-3-4-9-18-14/h1-9,11,19H,10,12H2. The molecule has 1 aromatic carbocycles. The van der Waals surface area contributed by atoms with Gasteiger partial charge in [0.15, 0.2) is 0 Å². The fraction of sp³-hybridized carbons (Fsp3) is 0.125. The highest BCUT2D eigenvalue weighted by Gasteiger charge is 2.17. The molecule has 0 bridgehead atoms. The van der Waals surface area contributed by atoms with Crippen LogP contribution in [0.1, 0.15) is 0 Å². The van der Waals surface area contributed by atoms with E-state index in [1.165, 1.54) is 18.2 Å². The van der Waals surface area contributed by atoms with Crippen LogP contribution in [-0.4, -0.2) is 29.7 Å². The van der Waals surface area contributed by atoms with Gasteiger partial charge in [0.25, 0.3) is 0 Å². The first kappa shape index (κ1) is 16.3. The molecule has 2 heterocycles. The normalized spacial score (nSPS) is 11.5. The van der Waals surface area contributed by atoms with Crippen molar-refractivity contribution in [2.45, 2.75) is 11.4 Å². The molecule has 8 heteroatoms. The van der Waals surface area contributed by atoms with E-state index in [1.807, 2.05) is 18.2 Å². The number of rotatable bonds is 6. The lowest BCUT2D eigenvalue weighted by Crippen LogP contribution is -2.28.